The number of nitrogens with zero attached hydrogens (tertiary/aromatic N) is 4. The standard InChI is InChI=1S/C17H27N5O2/c1-3-7-21(12-15-18-6-8-20(15)2)17(24)19-10-13-9-16(23)22(11-13)14-4-5-14/h6,8,13-14H,3-5,7,9-12H2,1-2H3,(H,19,24)/t13-/m0/s1. The molecule has 0 radical (unpaired) electrons. The van der Waals surface area contributed by atoms with Crippen LogP contribution in [0.1, 0.15) is 38.4 Å². The molecule has 2 aliphatic rings. The summed E-state index contributed by atoms with van der Waals surface area (Å²) in [5.74, 6) is 1.35. The minimum Gasteiger partial charge on any atom is -0.339 e. The molecule has 1 saturated heterocycles. The van der Waals surface area contributed by atoms with E-state index in [-0.39, 0.29) is 17.9 Å². The van der Waals surface area contributed by atoms with Crippen LogP contribution in [0.5, 0.6) is 0 Å². The smallest absolute Gasteiger partial charge is 0.317 e. The van der Waals surface area contributed by atoms with Gasteiger partial charge in [-0.1, -0.05) is 6.92 Å². The average molecular weight is 333 g/mol. The normalized spacial score (nSPS) is 20.5. The van der Waals surface area contributed by atoms with Crippen molar-refractivity contribution in [3.63, 3.8) is 0 Å². The number of aryl methyl sites for hydroxylation is 1. The molecule has 3 amide bonds. The van der Waals surface area contributed by atoms with Gasteiger partial charge in [0.15, 0.2) is 0 Å². The van der Waals surface area contributed by atoms with Crippen molar-refractivity contribution in [1.29, 1.82) is 0 Å². The summed E-state index contributed by atoms with van der Waals surface area (Å²) in [6.07, 6.45) is 7.36. The summed E-state index contributed by atoms with van der Waals surface area (Å²) < 4.78 is 1.93. The highest BCUT2D eigenvalue weighted by Gasteiger charge is 2.39. The molecule has 1 atom stereocenters. The number of amides is 3. The Bertz CT molecular complexity index is 596. The van der Waals surface area contributed by atoms with Gasteiger partial charge in [0.1, 0.15) is 5.82 Å². The summed E-state index contributed by atoms with van der Waals surface area (Å²) >= 11 is 0. The van der Waals surface area contributed by atoms with Crippen molar-refractivity contribution < 1.29 is 9.59 Å². The lowest BCUT2D eigenvalue weighted by atomic mass is 10.1. The fourth-order valence-electron chi connectivity index (χ4n) is 3.27. The summed E-state index contributed by atoms with van der Waals surface area (Å²) in [5.41, 5.74) is 0. The Labute approximate surface area is 143 Å². The lowest BCUT2D eigenvalue weighted by molar-refractivity contribution is -0.128. The first-order valence-electron chi connectivity index (χ1n) is 8.87. The molecular weight excluding hydrogens is 306 g/mol. The minimum absolute atomic E-state index is 0.0721. The van der Waals surface area contributed by atoms with Crippen LogP contribution in [0.15, 0.2) is 12.4 Å². The molecule has 1 aromatic rings. The van der Waals surface area contributed by atoms with E-state index in [0.29, 0.717) is 32.1 Å². The van der Waals surface area contributed by atoms with Crippen molar-refractivity contribution in [3.05, 3.63) is 18.2 Å². The highest BCUT2D eigenvalue weighted by Crippen LogP contribution is 2.32. The zero-order chi connectivity index (χ0) is 17.1. The maximum Gasteiger partial charge on any atom is 0.317 e. The maximum atomic E-state index is 12.5. The van der Waals surface area contributed by atoms with Gasteiger partial charge in [0.25, 0.3) is 0 Å². The third-order valence-electron chi connectivity index (χ3n) is 4.80. The highest BCUT2D eigenvalue weighted by molar-refractivity contribution is 5.79. The molecule has 132 valence electrons. The zero-order valence-electron chi connectivity index (χ0n) is 14.6. The van der Waals surface area contributed by atoms with Crippen molar-refractivity contribution in [2.24, 2.45) is 13.0 Å². The number of nitrogens with one attached hydrogen (secondary N) is 1. The molecule has 1 saturated carbocycles. The molecule has 0 aromatic carbocycles. The SMILES string of the molecule is CCCN(Cc1nccn1C)C(=O)NC[C@@H]1CC(=O)N(C2CC2)C1. The topological polar surface area (TPSA) is 70.5 Å². The highest BCUT2D eigenvalue weighted by atomic mass is 16.2. The molecule has 1 N–H and O–H groups in total. The molecule has 3 rings (SSSR count). The van der Waals surface area contributed by atoms with Gasteiger partial charge in [-0.25, -0.2) is 9.78 Å². The Kier molecular flexibility index (Phi) is 5.06. The molecule has 1 aliphatic heterocycles. The fraction of sp³-hybridized carbons (Fsp3) is 0.706. The number of hydrogen-bond donors (Lipinski definition) is 1. The third kappa shape index (κ3) is 3.88. The van der Waals surface area contributed by atoms with Gasteiger partial charge >= 0.3 is 6.03 Å². The quantitative estimate of drug-likeness (QED) is 0.819. The Morgan fingerprint density at radius 2 is 2.25 bits per heavy atom. The van der Waals surface area contributed by atoms with Crippen molar-refractivity contribution in [2.45, 2.75) is 45.2 Å². The lowest BCUT2D eigenvalue weighted by Crippen LogP contribution is -2.42. The van der Waals surface area contributed by atoms with Crippen LogP contribution >= 0.6 is 0 Å². The average Bonchev–Trinajstić information content (AvgIpc) is 3.22. The maximum absolute atomic E-state index is 12.5. The van der Waals surface area contributed by atoms with Crippen molar-refractivity contribution in [1.82, 2.24) is 24.7 Å². The molecule has 0 spiro atoms. The summed E-state index contributed by atoms with van der Waals surface area (Å²) in [6, 6.07) is 0.398. The Morgan fingerprint density at radius 3 is 2.88 bits per heavy atom. The van der Waals surface area contributed by atoms with Crippen LogP contribution in [0.4, 0.5) is 4.79 Å². The van der Waals surface area contributed by atoms with E-state index in [2.05, 4.69) is 17.2 Å². The van der Waals surface area contributed by atoms with E-state index in [1.54, 1.807) is 11.1 Å². The number of imidazole rings is 1. The molecule has 0 unspecified atom stereocenters. The van der Waals surface area contributed by atoms with Crippen LogP contribution in [0.3, 0.4) is 0 Å². The molecule has 2 heterocycles. The van der Waals surface area contributed by atoms with Gasteiger partial charge in [0, 0.05) is 57.5 Å². The summed E-state index contributed by atoms with van der Waals surface area (Å²) in [6.45, 7) is 4.60. The van der Waals surface area contributed by atoms with Crippen LogP contribution < -0.4 is 5.32 Å². The van der Waals surface area contributed by atoms with E-state index < -0.39 is 0 Å². The Hall–Kier alpha value is -2.05. The Morgan fingerprint density at radius 1 is 1.46 bits per heavy atom. The molecule has 1 aromatic heterocycles. The van der Waals surface area contributed by atoms with E-state index in [1.165, 1.54) is 0 Å². The minimum atomic E-state index is -0.0721. The van der Waals surface area contributed by atoms with E-state index in [1.807, 2.05) is 22.7 Å². The van der Waals surface area contributed by atoms with Gasteiger partial charge in [-0.2, -0.15) is 0 Å². The van der Waals surface area contributed by atoms with E-state index in [9.17, 15) is 9.59 Å². The predicted molar refractivity (Wildman–Crippen MR) is 90.1 cm³/mol. The van der Waals surface area contributed by atoms with Gasteiger partial charge in [0.05, 0.1) is 6.54 Å². The van der Waals surface area contributed by atoms with Gasteiger partial charge in [0.2, 0.25) is 5.91 Å². The number of aromatic nitrogens is 2. The number of carbonyl (C=O) groups excluding carboxylic acids is 2. The van der Waals surface area contributed by atoms with E-state index in [4.69, 9.17) is 0 Å². The van der Waals surface area contributed by atoms with Gasteiger partial charge < -0.3 is 19.7 Å². The first-order valence-corrected chi connectivity index (χ1v) is 8.87. The lowest BCUT2D eigenvalue weighted by Gasteiger charge is -2.23. The summed E-state index contributed by atoms with van der Waals surface area (Å²) in [5, 5.41) is 3.01. The second-order valence-electron chi connectivity index (χ2n) is 6.91. The number of likely N-dealkylation sites (tertiary alicyclic amines) is 1. The monoisotopic (exact) mass is 333 g/mol. The molecule has 7 nitrogen and oxygen atoms in total. The molecule has 0 bridgehead atoms. The number of urea groups is 1. The molecular formula is C17H27N5O2. The number of hydrogen-bond acceptors (Lipinski definition) is 3. The Balaban J connectivity index is 1.50. The van der Waals surface area contributed by atoms with Crippen molar-refractivity contribution in [2.75, 3.05) is 19.6 Å². The van der Waals surface area contributed by atoms with Gasteiger partial charge in [-0.05, 0) is 19.3 Å². The van der Waals surface area contributed by atoms with Crippen LogP contribution in [-0.2, 0) is 18.4 Å². The van der Waals surface area contributed by atoms with Crippen LogP contribution in [0.25, 0.3) is 0 Å². The van der Waals surface area contributed by atoms with Crippen LogP contribution in [-0.4, -0.2) is 57.0 Å². The van der Waals surface area contributed by atoms with E-state index in [0.717, 1.165) is 31.6 Å². The van der Waals surface area contributed by atoms with Crippen molar-refractivity contribution >= 4 is 11.9 Å². The second-order valence-corrected chi connectivity index (χ2v) is 6.91. The first kappa shape index (κ1) is 16.8. The predicted octanol–water partition coefficient (Wildman–Crippen LogP) is 1.35. The van der Waals surface area contributed by atoms with Crippen molar-refractivity contribution in [3.8, 4) is 0 Å². The summed E-state index contributed by atoms with van der Waals surface area (Å²) in [7, 11) is 1.93. The fourth-order valence-corrected chi connectivity index (χ4v) is 3.27. The molecule has 24 heavy (non-hydrogen) atoms. The zero-order valence-corrected chi connectivity index (χ0v) is 14.6. The summed E-state index contributed by atoms with van der Waals surface area (Å²) in [4.78, 5) is 32.6. The molecule has 2 fully saturated rings. The second kappa shape index (κ2) is 7.23. The van der Waals surface area contributed by atoms with E-state index >= 15 is 0 Å². The molecule has 1 aliphatic carbocycles. The number of carbonyl (C=O) groups is 2. The third-order valence-corrected chi connectivity index (χ3v) is 4.80. The first-order chi connectivity index (χ1) is 11.6. The largest absolute Gasteiger partial charge is 0.339 e. The van der Waals surface area contributed by atoms with Gasteiger partial charge in [-0.15, -0.1) is 0 Å². The molecule has 7 heteroatoms. The van der Waals surface area contributed by atoms with Crippen LogP contribution in [0, 0.1) is 5.92 Å². The van der Waals surface area contributed by atoms with Crippen LogP contribution in [0.2, 0.25) is 0 Å². The number of rotatable bonds is 7. The van der Waals surface area contributed by atoms with Gasteiger partial charge in [-0.3, -0.25) is 4.79 Å².